The van der Waals surface area contributed by atoms with Gasteiger partial charge in [0.15, 0.2) is 0 Å². The van der Waals surface area contributed by atoms with Crippen molar-refractivity contribution in [3.8, 4) is 11.6 Å². The molecule has 0 aliphatic carbocycles. The summed E-state index contributed by atoms with van der Waals surface area (Å²) in [5.74, 6) is 1.32. The first-order valence-electron chi connectivity index (χ1n) is 5.22. The molecule has 0 amide bonds. The molecule has 4 heteroatoms. The van der Waals surface area contributed by atoms with Crippen molar-refractivity contribution in [3.05, 3.63) is 46.1 Å². The molecule has 0 bridgehead atoms. The summed E-state index contributed by atoms with van der Waals surface area (Å²) in [4.78, 5) is 4.13. The Hall–Kier alpha value is -1.55. The second kappa shape index (κ2) is 4.75. The number of aryl methyl sites for hydroxylation is 2. The van der Waals surface area contributed by atoms with Crippen molar-refractivity contribution >= 4 is 21.6 Å². The van der Waals surface area contributed by atoms with E-state index in [1.807, 2.05) is 38.1 Å². The van der Waals surface area contributed by atoms with Crippen molar-refractivity contribution in [1.29, 1.82) is 0 Å². The number of nitrogens with zero attached hydrogens (tertiary/aromatic N) is 1. The number of rotatable bonds is 2. The Morgan fingerprint density at radius 2 is 1.94 bits per heavy atom. The molecule has 17 heavy (non-hydrogen) atoms. The predicted octanol–water partition coefficient (Wildman–Crippen LogP) is 3.84. The van der Waals surface area contributed by atoms with Crippen LogP contribution in [0.1, 0.15) is 11.1 Å². The fraction of sp³-hybridized carbons (Fsp3) is 0.154. The van der Waals surface area contributed by atoms with Crippen LogP contribution in [0, 0.1) is 13.8 Å². The number of pyridine rings is 1. The Morgan fingerprint density at radius 1 is 1.18 bits per heavy atom. The number of hydrogen-bond donors (Lipinski definition) is 1. The number of ether oxygens (including phenoxy) is 1. The second-order valence-electron chi connectivity index (χ2n) is 3.89. The van der Waals surface area contributed by atoms with Crippen LogP contribution in [0.3, 0.4) is 0 Å². The maximum Gasteiger partial charge on any atom is 0.219 e. The molecule has 0 aliphatic rings. The number of aromatic nitrogens is 1. The van der Waals surface area contributed by atoms with Gasteiger partial charge >= 0.3 is 0 Å². The topological polar surface area (TPSA) is 48.1 Å². The lowest BCUT2D eigenvalue weighted by atomic mass is 10.2. The first-order valence-corrected chi connectivity index (χ1v) is 6.01. The molecule has 0 spiro atoms. The summed E-state index contributed by atoms with van der Waals surface area (Å²) in [5.41, 5.74) is 8.45. The van der Waals surface area contributed by atoms with Gasteiger partial charge in [-0.25, -0.2) is 4.98 Å². The first kappa shape index (κ1) is 11.9. The molecule has 0 unspecified atom stereocenters. The lowest BCUT2D eigenvalue weighted by molar-refractivity contribution is 0.462. The van der Waals surface area contributed by atoms with Crippen LogP contribution in [0.2, 0.25) is 0 Å². The molecule has 0 radical (unpaired) electrons. The van der Waals surface area contributed by atoms with Crippen molar-refractivity contribution in [2.24, 2.45) is 0 Å². The van der Waals surface area contributed by atoms with E-state index in [0.717, 1.165) is 21.3 Å². The largest absolute Gasteiger partial charge is 0.439 e. The number of benzene rings is 1. The zero-order chi connectivity index (χ0) is 12.4. The molecule has 0 atom stereocenters. The van der Waals surface area contributed by atoms with Crippen molar-refractivity contribution < 1.29 is 4.74 Å². The molecular formula is C13H13BrN2O. The molecule has 1 aromatic carbocycles. The third-order valence-electron chi connectivity index (χ3n) is 2.48. The fourth-order valence-electron chi connectivity index (χ4n) is 1.40. The van der Waals surface area contributed by atoms with E-state index >= 15 is 0 Å². The Labute approximate surface area is 109 Å². The van der Waals surface area contributed by atoms with Crippen LogP contribution < -0.4 is 10.5 Å². The summed E-state index contributed by atoms with van der Waals surface area (Å²) in [7, 11) is 0. The maximum atomic E-state index is 5.70. The number of hydrogen-bond acceptors (Lipinski definition) is 3. The minimum absolute atomic E-state index is 0.554. The third-order valence-corrected chi connectivity index (χ3v) is 3.37. The number of nitrogens with two attached hydrogens (primary N) is 1. The van der Waals surface area contributed by atoms with Gasteiger partial charge in [-0.05, 0) is 43.2 Å². The van der Waals surface area contributed by atoms with Crippen LogP contribution in [-0.4, -0.2) is 4.98 Å². The number of anilines is 1. The molecule has 0 fully saturated rings. The molecule has 1 heterocycles. The van der Waals surface area contributed by atoms with E-state index in [0.29, 0.717) is 11.6 Å². The van der Waals surface area contributed by atoms with Gasteiger partial charge in [0.2, 0.25) is 5.88 Å². The number of halogens is 1. The van der Waals surface area contributed by atoms with Crippen LogP contribution in [-0.2, 0) is 0 Å². The Morgan fingerprint density at radius 3 is 2.59 bits per heavy atom. The highest BCUT2D eigenvalue weighted by molar-refractivity contribution is 9.10. The van der Waals surface area contributed by atoms with Crippen LogP contribution in [0.5, 0.6) is 11.6 Å². The van der Waals surface area contributed by atoms with Crippen LogP contribution in [0.25, 0.3) is 0 Å². The van der Waals surface area contributed by atoms with E-state index in [2.05, 4.69) is 20.9 Å². The van der Waals surface area contributed by atoms with Gasteiger partial charge in [-0.3, -0.25) is 0 Å². The molecule has 3 nitrogen and oxygen atoms in total. The third kappa shape index (κ3) is 2.77. The summed E-state index contributed by atoms with van der Waals surface area (Å²) < 4.78 is 6.72. The summed E-state index contributed by atoms with van der Waals surface area (Å²) in [6, 6.07) is 7.63. The number of nitrogen functional groups attached to an aromatic ring is 1. The highest BCUT2D eigenvalue weighted by atomic mass is 79.9. The summed E-state index contributed by atoms with van der Waals surface area (Å²) in [6.45, 7) is 3.94. The van der Waals surface area contributed by atoms with E-state index in [1.165, 1.54) is 0 Å². The normalized spacial score (nSPS) is 10.3. The van der Waals surface area contributed by atoms with Gasteiger partial charge in [0.1, 0.15) is 5.75 Å². The molecule has 0 saturated carbocycles. The standard InChI is InChI=1S/C13H13BrN2O/c1-8-5-10(3-4-11(8)14)17-13-6-9(2)12(15)7-16-13/h3-7H,15H2,1-2H3. The molecule has 88 valence electrons. The van der Waals surface area contributed by atoms with Crippen LogP contribution in [0.15, 0.2) is 34.9 Å². The van der Waals surface area contributed by atoms with E-state index in [4.69, 9.17) is 10.5 Å². The monoisotopic (exact) mass is 292 g/mol. The van der Waals surface area contributed by atoms with E-state index < -0.39 is 0 Å². The van der Waals surface area contributed by atoms with Crippen molar-refractivity contribution in [2.75, 3.05) is 5.73 Å². The lowest BCUT2D eigenvalue weighted by Crippen LogP contribution is -1.94. The fourth-order valence-corrected chi connectivity index (χ4v) is 1.64. The minimum Gasteiger partial charge on any atom is -0.439 e. The molecule has 2 aromatic rings. The molecule has 2 N–H and O–H groups in total. The summed E-state index contributed by atoms with van der Waals surface area (Å²) in [5, 5.41) is 0. The molecule has 0 aliphatic heterocycles. The van der Waals surface area contributed by atoms with Crippen molar-refractivity contribution in [2.45, 2.75) is 13.8 Å². The lowest BCUT2D eigenvalue weighted by Gasteiger charge is -2.08. The highest BCUT2D eigenvalue weighted by Crippen LogP contribution is 2.26. The Balaban J connectivity index is 2.25. The minimum atomic E-state index is 0.554. The van der Waals surface area contributed by atoms with E-state index in [1.54, 1.807) is 6.20 Å². The molecule has 2 rings (SSSR count). The predicted molar refractivity (Wildman–Crippen MR) is 72.3 cm³/mol. The van der Waals surface area contributed by atoms with Gasteiger partial charge in [0.05, 0.1) is 11.9 Å². The van der Waals surface area contributed by atoms with E-state index in [-0.39, 0.29) is 0 Å². The maximum absolute atomic E-state index is 5.70. The summed E-state index contributed by atoms with van der Waals surface area (Å²) >= 11 is 3.45. The SMILES string of the molecule is Cc1cc(Oc2ccc(Br)c(C)c2)ncc1N. The van der Waals surface area contributed by atoms with Crippen LogP contribution in [0.4, 0.5) is 5.69 Å². The zero-order valence-electron chi connectivity index (χ0n) is 9.70. The molecular weight excluding hydrogens is 280 g/mol. The van der Waals surface area contributed by atoms with Gasteiger partial charge in [-0.15, -0.1) is 0 Å². The average Bonchev–Trinajstić information content (AvgIpc) is 2.29. The van der Waals surface area contributed by atoms with Gasteiger partial charge in [-0.1, -0.05) is 15.9 Å². The highest BCUT2D eigenvalue weighted by Gasteiger charge is 2.03. The van der Waals surface area contributed by atoms with Gasteiger partial charge in [-0.2, -0.15) is 0 Å². The first-order chi connectivity index (χ1) is 8.06. The second-order valence-corrected chi connectivity index (χ2v) is 4.75. The quantitative estimate of drug-likeness (QED) is 0.915. The van der Waals surface area contributed by atoms with Crippen molar-refractivity contribution in [1.82, 2.24) is 4.98 Å². The smallest absolute Gasteiger partial charge is 0.219 e. The van der Waals surface area contributed by atoms with Crippen LogP contribution >= 0.6 is 15.9 Å². The van der Waals surface area contributed by atoms with Gasteiger partial charge in [0, 0.05) is 10.5 Å². The molecule has 0 saturated heterocycles. The zero-order valence-corrected chi connectivity index (χ0v) is 11.3. The average molecular weight is 293 g/mol. The molecule has 1 aromatic heterocycles. The summed E-state index contributed by atoms with van der Waals surface area (Å²) in [6.07, 6.45) is 1.61. The van der Waals surface area contributed by atoms with Crippen molar-refractivity contribution in [3.63, 3.8) is 0 Å². The van der Waals surface area contributed by atoms with Gasteiger partial charge < -0.3 is 10.5 Å². The van der Waals surface area contributed by atoms with E-state index in [9.17, 15) is 0 Å². The Bertz CT molecular complexity index is 506. The van der Waals surface area contributed by atoms with Gasteiger partial charge in [0.25, 0.3) is 0 Å². The Kier molecular flexibility index (Phi) is 3.33.